The number of fused-ring (bicyclic) bond motifs is 1. The Balaban J connectivity index is 1.48. The Bertz CT molecular complexity index is 1270. The molecule has 0 unspecified atom stereocenters. The topological polar surface area (TPSA) is 136 Å². The second-order valence-electron chi connectivity index (χ2n) is 7.19. The molecule has 0 aromatic heterocycles. The van der Waals surface area contributed by atoms with Crippen molar-refractivity contribution < 1.29 is 31.1 Å². The lowest BCUT2D eigenvalue weighted by Gasteiger charge is -2.34. The number of carbonyl (C=O) groups is 1. The van der Waals surface area contributed by atoms with E-state index in [1.165, 1.54) is 33.5 Å². The molecule has 0 atom stereocenters. The van der Waals surface area contributed by atoms with Gasteiger partial charge in [0.15, 0.2) is 11.5 Å². The van der Waals surface area contributed by atoms with Crippen molar-refractivity contribution >= 4 is 37.6 Å². The maximum Gasteiger partial charge on any atom is 0.253 e. The van der Waals surface area contributed by atoms with Crippen molar-refractivity contribution in [2.24, 2.45) is 5.14 Å². The molecule has 4 rings (SSSR count). The van der Waals surface area contributed by atoms with Crippen LogP contribution in [-0.2, 0) is 20.0 Å². The second kappa shape index (κ2) is 8.52. The van der Waals surface area contributed by atoms with Crippen LogP contribution in [0.2, 0.25) is 5.02 Å². The van der Waals surface area contributed by atoms with E-state index in [1.807, 2.05) is 0 Å². The normalized spacial score (nSPS) is 17.2. The van der Waals surface area contributed by atoms with E-state index in [0.29, 0.717) is 24.7 Å². The van der Waals surface area contributed by atoms with Crippen LogP contribution in [0.5, 0.6) is 11.5 Å². The third-order valence-corrected chi connectivity index (χ3v) is 8.45. The van der Waals surface area contributed by atoms with Crippen LogP contribution >= 0.6 is 11.6 Å². The summed E-state index contributed by atoms with van der Waals surface area (Å²) in [6.45, 7) is 1.18. The first-order chi connectivity index (χ1) is 15.1. The Morgan fingerprint density at radius 3 is 2.22 bits per heavy atom. The van der Waals surface area contributed by atoms with E-state index in [1.54, 1.807) is 6.07 Å². The van der Waals surface area contributed by atoms with Crippen molar-refractivity contribution in [2.75, 3.05) is 39.4 Å². The molecular weight excluding hydrogens is 482 g/mol. The van der Waals surface area contributed by atoms with Gasteiger partial charge in [-0.2, -0.15) is 4.31 Å². The molecule has 1 saturated heterocycles. The number of nitrogens with zero attached hydrogens (tertiary/aromatic N) is 2. The van der Waals surface area contributed by atoms with Gasteiger partial charge in [0.25, 0.3) is 5.91 Å². The molecule has 13 heteroatoms. The minimum atomic E-state index is -4.10. The fraction of sp³-hybridized carbons (Fsp3) is 0.316. The minimum absolute atomic E-state index is 0.0806. The monoisotopic (exact) mass is 501 g/mol. The average molecular weight is 502 g/mol. The zero-order valence-electron chi connectivity index (χ0n) is 16.7. The number of primary sulfonamides is 1. The largest absolute Gasteiger partial charge is 0.486 e. The van der Waals surface area contributed by atoms with E-state index in [9.17, 15) is 21.6 Å². The van der Waals surface area contributed by atoms with Crippen LogP contribution in [0, 0.1) is 0 Å². The number of sulfonamides is 2. The van der Waals surface area contributed by atoms with E-state index >= 15 is 0 Å². The third-order valence-electron chi connectivity index (χ3n) is 5.16. The molecular formula is C19H20ClN3O7S2. The highest BCUT2D eigenvalue weighted by Gasteiger charge is 2.32. The predicted octanol–water partition coefficient (Wildman–Crippen LogP) is 0.905. The molecule has 2 aliphatic heterocycles. The molecule has 172 valence electrons. The number of amides is 1. The van der Waals surface area contributed by atoms with E-state index < -0.39 is 26.0 Å². The predicted molar refractivity (Wildman–Crippen MR) is 115 cm³/mol. The van der Waals surface area contributed by atoms with Crippen LogP contribution in [0.4, 0.5) is 0 Å². The maximum absolute atomic E-state index is 13.0. The van der Waals surface area contributed by atoms with Gasteiger partial charge in [-0.15, -0.1) is 0 Å². The number of benzene rings is 2. The summed E-state index contributed by atoms with van der Waals surface area (Å²) in [4.78, 5) is 14.0. The highest BCUT2D eigenvalue weighted by molar-refractivity contribution is 7.89. The number of hydrogen-bond acceptors (Lipinski definition) is 7. The molecule has 2 aliphatic rings. The number of rotatable bonds is 4. The molecule has 0 saturated carbocycles. The molecule has 0 radical (unpaired) electrons. The summed E-state index contributed by atoms with van der Waals surface area (Å²) < 4.78 is 61.6. The van der Waals surface area contributed by atoms with Crippen LogP contribution in [0.25, 0.3) is 0 Å². The first-order valence-corrected chi connectivity index (χ1v) is 13.0. The molecule has 0 aliphatic carbocycles. The van der Waals surface area contributed by atoms with Gasteiger partial charge in [0.2, 0.25) is 20.0 Å². The van der Waals surface area contributed by atoms with Gasteiger partial charge in [0, 0.05) is 37.8 Å². The first-order valence-electron chi connectivity index (χ1n) is 9.59. The molecule has 2 aromatic carbocycles. The smallest absolute Gasteiger partial charge is 0.253 e. The van der Waals surface area contributed by atoms with E-state index in [0.717, 1.165) is 6.07 Å². The van der Waals surface area contributed by atoms with Gasteiger partial charge < -0.3 is 14.4 Å². The Morgan fingerprint density at radius 2 is 1.56 bits per heavy atom. The Labute approximate surface area is 190 Å². The lowest BCUT2D eigenvalue weighted by Crippen LogP contribution is -2.50. The zero-order chi connectivity index (χ0) is 23.1. The van der Waals surface area contributed by atoms with Crippen molar-refractivity contribution in [3.05, 3.63) is 47.0 Å². The summed E-state index contributed by atoms with van der Waals surface area (Å²) in [7, 11) is -7.89. The lowest BCUT2D eigenvalue weighted by molar-refractivity contribution is 0.0697. The average Bonchev–Trinajstić information content (AvgIpc) is 2.78. The van der Waals surface area contributed by atoms with Crippen molar-refractivity contribution in [3.63, 3.8) is 0 Å². The summed E-state index contributed by atoms with van der Waals surface area (Å²) in [5.74, 6) is 0.426. The van der Waals surface area contributed by atoms with Gasteiger partial charge in [-0.25, -0.2) is 22.0 Å². The Morgan fingerprint density at radius 1 is 0.906 bits per heavy atom. The summed E-state index contributed by atoms with van der Waals surface area (Å²) in [6, 6.07) is 8.27. The molecule has 1 amide bonds. The van der Waals surface area contributed by atoms with Gasteiger partial charge in [0.1, 0.15) is 18.1 Å². The quantitative estimate of drug-likeness (QED) is 0.657. The molecule has 10 nitrogen and oxygen atoms in total. The fourth-order valence-electron chi connectivity index (χ4n) is 3.50. The van der Waals surface area contributed by atoms with Crippen LogP contribution < -0.4 is 14.6 Å². The standard InChI is InChI=1S/C19H20ClN3O7S2/c20-15-3-1-13(11-18(15)31(21,25)26)19(24)22-5-7-23(8-6-22)32(27,28)14-2-4-16-17(12-14)30-10-9-29-16/h1-4,11-12H,5-10H2,(H2,21,25,26). The van der Waals surface area contributed by atoms with Crippen molar-refractivity contribution in [1.82, 2.24) is 9.21 Å². The summed E-state index contributed by atoms with van der Waals surface area (Å²) >= 11 is 5.87. The summed E-state index contributed by atoms with van der Waals surface area (Å²) in [5, 5.41) is 5.06. The van der Waals surface area contributed by atoms with Gasteiger partial charge in [-0.05, 0) is 30.3 Å². The van der Waals surface area contributed by atoms with Crippen LogP contribution in [0.15, 0.2) is 46.2 Å². The summed E-state index contributed by atoms with van der Waals surface area (Å²) in [6.07, 6.45) is 0. The number of hydrogen-bond donors (Lipinski definition) is 1. The highest BCUT2D eigenvalue weighted by Crippen LogP contribution is 2.33. The van der Waals surface area contributed by atoms with Crippen LogP contribution in [0.3, 0.4) is 0 Å². The molecule has 2 N–H and O–H groups in total. The molecule has 1 fully saturated rings. The maximum atomic E-state index is 13.0. The lowest BCUT2D eigenvalue weighted by atomic mass is 10.2. The van der Waals surface area contributed by atoms with Gasteiger partial charge in [-0.3, -0.25) is 4.79 Å². The van der Waals surface area contributed by atoms with Crippen molar-refractivity contribution in [3.8, 4) is 11.5 Å². The van der Waals surface area contributed by atoms with Crippen molar-refractivity contribution in [1.29, 1.82) is 0 Å². The molecule has 0 spiro atoms. The van der Waals surface area contributed by atoms with Crippen molar-refractivity contribution in [2.45, 2.75) is 9.79 Å². The van der Waals surface area contributed by atoms with Gasteiger partial charge >= 0.3 is 0 Å². The Hall–Kier alpha value is -2.38. The minimum Gasteiger partial charge on any atom is -0.486 e. The molecule has 2 heterocycles. The summed E-state index contributed by atoms with van der Waals surface area (Å²) in [5.41, 5.74) is 0.0987. The number of piperazine rings is 1. The van der Waals surface area contributed by atoms with Crippen LogP contribution in [0.1, 0.15) is 10.4 Å². The first kappa shape index (κ1) is 22.8. The molecule has 2 aromatic rings. The number of ether oxygens (including phenoxy) is 2. The SMILES string of the molecule is NS(=O)(=O)c1cc(C(=O)N2CCN(S(=O)(=O)c3ccc4c(c3)OCCO4)CC2)ccc1Cl. The van der Waals surface area contributed by atoms with E-state index in [4.69, 9.17) is 26.2 Å². The zero-order valence-corrected chi connectivity index (χ0v) is 19.1. The van der Waals surface area contributed by atoms with Gasteiger partial charge in [0.05, 0.1) is 9.92 Å². The van der Waals surface area contributed by atoms with Crippen LogP contribution in [-0.4, -0.2) is 71.3 Å². The Kier molecular flexibility index (Phi) is 6.07. The van der Waals surface area contributed by atoms with E-state index in [2.05, 4.69) is 0 Å². The number of carbonyl (C=O) groups excluding carboxylic acids is 1. The second-order valence-corrected chi connectivity index (χ2v) is 11.1. The third kappa shape index (κ3) is 4.41. The molecule has 32 heavy (non-hydrogen) atoms. The van der Waals surface area contributed by atoms with Gasteiger partial charge in [-0.1, -0.05) is 11.6 Å². The molecule has 0 bridgehead atoms. The number of halogens is 1. The highest BCUT2D eigenvalue weighted by atomic mass is 35.5. The van der Waals surface area contributed by atoms with E-state index in [-0.39, 0.29) is 46.6 Å². The number of nitrogens with two attached hydrogens (primary N) is 1. The fourth-order valence-corrected chi connectivity index (χ4v) is 6.01.